The molecule has 0 fully saturated rings. The van der Waals surface area contributed by atoms with Crippen molar-refractivity contribution in [2.75, 3.05) is 18.9 Å². The van der Waals surface area contributed by atoms with E-state index in [1.165, 1.54) is 19.4 Å². The van der Waals surface area contributed by atoms with Crippen LogP contribution in [0.3, 0.4) is 0 Å². The molecule has 0 aliphatic heterocycles. The van der Waals surface area contributed by atoms with Gasteiger partial charge in [-0.3, -0.25) is 9.59 Å². The molecule has 0 bridgehead atoms. The molecule has 138 valence electrons. The maximum absolute atomic E-state index is 14.3. The summed E-state index contributed by atoms with van der Waals surface area (Å²) < 4.78 is 33.0. The first-order chi connectivity index (χ1) is 13.0. The average Bonchev–Trinajstić information content (AvgIpc) is 3.18. The number of furan rings is 1. The number of hydrogen-bond donors (Lipinski definition) is 1. The zero-order chi connectivity index (χ0) is 19.4. The van der Waals surface area contributed by atoms with E-state index in [0.29, 0.717) is 11.6 Å². The van der Waals surface area contributed by atoms with Gasteiger partial charge in [-0.2, -0.15) is 0 Å². The van der Waals surface area contributed by atoms with E-state index in [1.807, 2.05) is 0 Å². The van der Waals surface area contributed by atoms with Crippen LogP contribution in [0, 0.1) is 11.6 Å². The van der Waals surface area contributed by atoms with Crippen LogP contribution >= 0.6 is 0 Å². The van der Waals surface area contributed by atoms with E-state index in [0.717, 1.165) is 11.0 Å². The SMILES string of the molecule is CN(CC(=O)Nc1c(F)cc(F)cc1-c1ccccc1)C(=O)c1ccco1. The lowest BCUT2D eigenvalue weighted by Crippen LogP contribution is -2.35. The van der Waals surface area contributed by atoms with Crippen molar-refractivity contribution in [1.29, 1.82) is 0 Å². The number of hydrogen-bond acceptors (Lipinski definition) is 3. The highest BCUT2D eigenvalue weighted by Gasteiger charge is 2.20. The highest BCUT2D eigenvalue weighted by molar-refractivity contribution is 6.00. The second-order valence-corrected chi connectivity index (χ2v) is 5.86. The second kappa shape index (κ2) is 7.82. The third kappa shape index (κ3) is 4.20. The first kappa shape index (κ1) is 18.3. The van der Waals surface area contributed by atoms with Crippen molar-refractivity contribution in [1.82, 2.24) is 4.90 Å². The molecule has 0 saturated carbocycles. The number of carbonyl (C=O) groups excluding carboxylic acids is 2. The van der Waals surface area contributed by atoms with Crippen molar-refractivity contribution < 1.29 is 22.8 Å². The minimum Gasteiger partial charge on any atom is -0.459 e. The summed E-state index contributed by atoms with van der Waals surface area (Å²) in [7, 11) is 1.42. The molecular formula is C20H16F2N2O3. The molecule has 1 N–H and O–H groups in total. The molecule has 0 atom stereocenters. The average molecular weight is 370 g/mol. The molecule has 3 aromatic rings. The van der Waals surface area contributed by atoms with Gasteiger partial charge >= 0.3 is 0 Å². The van der Waals surface area contributed by atoms with Crippen molar-refractivity contribution in [3.05, 3.63) is 78.3 Å². The van der Waals surface area contributed by atoms with Gasteiger partial charge in [-0.05, 0) is 23.8 Å². The summed E-state index contributed by atoms with van der Waals surface area (Å²) in [5, 5.41) is 2.43. The molecule has 0 unspecified atom stereocenters. The van der Waals surface area contributed by atoms with Gasteiger partial charge in [0, 0.05) is 18.7 Å². The summed E-state index contributed by atoms with van der Waals surface area (Å²) in [5.41, 5.74) is 0.610. The molecular weight excluding hydrogens is 354 g/mol. The molecule has 5 nitrogen and oxygen atoms in total. The quantitative estimate of drug-likeness (QED) is 0.740. The maximum Gasteiger partial charge on any atom is 0.289 e. The van der Waals surface area contributed by atoms with Crippen LogP contribution in [0.4, 0.5) is 14.5 Å². The standard InChI is InChI=1S/C20H16F2N2O3/c1-24(20(26)17-8-5-9-27-17)12-18(25)23-19-15(10-14(21)11-16(19)22)13-6-3-2-4-7-13/h2-11H,12H2,1H3,(H,23,25). The van der Waals surface area contributed by atoms with Gasteiger partial charge in [-0.15, -0.1) is 0 Å². The molecule has 27 heavy (non-hydrogen) atoms. The molecule has 2 amide bonds. The number of carbonyl (C=O) groups is 2. The van der Waals surface area contributed by atoms with Crippen LogP contribution in [-0.2, 0) is 4.79 Å². The van der Waals surface area contributed by atoms with Crippen LogP contribution in [0.15, 0.2) is 65.3 Å². The summed E-state index contributed by atoms with van der Waals surface area (Å²) in [4.78, 5) is 25.6. The third-order valence-electron chi connectivity index (χ3n) is 3.86. The van der Waals surface area contributed by atoms with Crippen molar-refractivity contribution >= 4 is 17.5 Å². The van der Waals surface area contributed by atoms with E-state index in [4.69, 9.17) is 4.42 Å². The minimum atomic E-state index is -0.901. The fourth-order valence-corrected chi connectivity index (χ4v) is 2.60. The lowest BCUT2D eigenvalue weighted by Gasteiger charge is -2.17. The Bertz CT molecular complexity index is 957. The Balaban J connectivity index is 1.81. The number of anilines is 1. The fourth-order valence-electron chi connectivity index (χ4n) is 2.60. The predicted octanol–water partition coefficient (Wildman–Crippen LogP) is 3.94. The summed E-state index contributed by atoms with van der Waals surface area (Å²) in [5.74, 6) is -2.68. The maximum atomic E-state index is 14.3. The van der Waals surface area contributed by atoms with Gasteiger partial charge in [0.2, 0.25) is 5.91 Å². The van der Waals surface area contributed by atoms with Gasteiger partial charge in [-0.25, -0.2) is 8.78 Å². The van der Waals surface area contributed by atoms with Gasteiger partial charge in [0.25, 0.3) is 5.91 Å². The highest BCUT2D eigenvalue weighted by Crippen LogP contribution is 2.31. The highest BCUT2D eigenvalue weighted by atomic mass is 19.1. The van der Waals surface area contributed by atoms with Crippen LogP contribution in [0.2, 0.25) is 0 Å². The summed E-state index contributed by atoms with van der Waals surface area (Å²) in [6.07, 6.45) is 1.35. The lowest BCUT2D eigenvalue weighted by atomic mass is 10.0. The van der Waals surface area contributed by atoms with Crippen molar-refractivity contribution in [2.24, 2.45) is 0 Å². The summed E-state index contributed by atoms with van der Waals surface area (Å²) in [6.45, 7) is -0.329. The van der Waals surface area contributed by atoms with Gasteiger partial charge in [0.15, 0.2) is 5.76 Å². The van der Waals surface area contributed by atoms with Crippen molar-refractivity contribution in [2.45, 2.75) is 0 Å². The first-order valence-corrected chi connectivity index (χ1v) is 8.09. The van der Waals surface area contributed by atoms with Crippen molar-refractivity contribution in [3.63, 3.8) is 0 Å². The molecule has 2 aromatic carbocycles. The zero-order valence-corrected chi connectivity index (χ0v) is 14.4. The first-order valence-electron chi connectivity index (χ1n) is 8.09. The van der Waals surface area contributed by atoms with Crippen LogP contribution in [-0.4, -0.2) is 30.3 Å². The van der Waals surface area contributed by atoms with Crippen molar-refractivity contribution in [3.8, 4) is 11.1 Å². The number of benzene rings is 2. The summed E-state index contributed by atoms with van der Waals surface area (Å²) >= 11 is 0. The van der Waals surface area contributed by atoms with Gasteiger partial charge < -0.3 is 14.6 Å². The molecule has 1 heterocycles. The zero-order valence-electron chi connectivity index (χ0n) is 14.4. The van der Waals surface area contributed by atoms with Crippen LogP contribution in [0.5, 0.6) is 0 Å². The van der Waals surface area contributed by atoms with E-state index in [2.05, 4.69) is 5.32 Å². The van der Waals surface area contributed by atoms with Crippen LogP contribution in [0.1, 0.15) is 10.6 Å². The molecule has 0 radical (unpaired) electrons. The van der Waals surface area contributed by atoms with E-state index in [9.17, 15) is 18.4 Å². The van der Waals surface area contributed by atoms with Gasteiger partial charge in [0.1, 0.15) is 11.6 Å². The Morgan fingerprint density at radius 1 is 1.07 bits per heavy atom. The van der Waals surface area contributed by atoms with E-state index in [1.54, 1.807) is 36.4 Å². The minimum absolute atomic E-state index is 0.0863. The van der Waals surface area contributed by atoms with Crippen LogP contribution < -0.4 is 5.32 Å². The third-order valence-corrected chi connectivity index (χ3v) is 3.86. The van der Waals surface area contributed by atoms with Gasteiger partial charge in [-0.1, -0.05) is 30.3 Å². The number of halogens is 2. The Labute approximate surface area is 154 Å². The number of amides is 2. The molecule has 0 aliphatic carbocycles. The number of likely N-dealkylation sites (N-methyl/N-ethyl adjacent to an activating group) is 1. The molecule has 3 rings (SSSR count). The largest absolute Gasteiger partial charge is 0.459 e. The number of nitrogens with zero attached hydrogens (tertiary/aromatic N) is 1. The Morgan fingerprint density at radius 3 is 2.48 bits per heavy atom. The molecule has 0 spiro atoms. The monoisotopic (exact) mass is 370 g/mol. The molecule has 7 heteroatoms. The van der Waals surface area contributed by atoms with E-state index >= 15 is 0 Å². The van der Waals surface area contributed by atoms with Gasteiger partial charge in [0.05, 0.1) is 18.5 Å². The molecule has 1 aromatic heterocycles. The van der Waals surface area contributed by atoms with E-state index in [-0.39, 0.29) is 23.6 Å². The number of rotatable bonds is 5. The number of nitrogens with one attached hydrogen (secondary N) is 1. The smallest absolute Gasteiger partial charge is 0.289 e. The van der Waals surface area contributed by atoms with Crippen LogP contribution in [0.25, 0.3) is 11.1 Å². The molecule has 0 saturated heterocycles. The normalized spacial score (nSPS) is 10.5. The predicted molar refractivity (Wildman–Crippen MR) is 96.1 cm³/mol. The Hall–Kier alpha value is -3.48. The summed E-state index contributed by atoms with van der Waals surface area (Å²) in [6, 6.07) is 13.4. The fraction of sp³-hybridized carbons (Fsp3) is 0.100. The molecule has 0 aliphatic rings. The van der Waals surface area contributed by atoms with E-state index < -0.39 is 23.4 Å². The Morgan fingerprint density at radius 2 is 1.81 bits per heavy atom. The lowest BCUT2D eigenvalue weighted by molar-refractivity contribution is -0.116. The Kier molecular flexibility index (Phi) is 5.30. The second-order valence-electron chi connectivity index (χ2n) is 5.86. The topological polar surface area (TPSA) is 62.6 Å².